The van der Waals surface area contributed by atoms with E-state index in [0.29, 0.717) is 11.1 Å². The largest absolute Gasteiger partial charge is 0.298 e. The van der Waals surface area contributed by atoms with Gasteiger partial charge in [0.15, 0.2) is 0 Å². The molecule has 3 rings (SSSR count). The quantitative estimate of drug-likeness (QED) is 0.690. The van der Waals surface area contributed by atoms with Gasteiger partial charge in [-0.15, -0.1) is 0 Å². The summed E-state index contributed by atoms with van der Waals surface area (Å²) < 4.78 is 0. The van der Waals surface area contributed by atoms with Crippen molar-refractivity contribution in [3.63, 3.8) is 0 Å². The molecule has 106 valence electrons. The van der Waals surface area contributed by atoms with Crippen LogP contribution in [0, 0.1) is 0 Å². The summed E-state index contributed by atoms with van der Waals surface area (Å²) in [5, 5.41) is 0. The number of aldehydes is 2. The van der Waals surface area contributed by atoms with Crippen molar-refractivity contribution < 1.29 is 9.59 Å². The van der Waals surface area contributed by atoms with Crippen LogP contribution in [0.15, 0.2) is 60.9 Å². The molecule has 0 fully saturated rings. The lowest BCUT2D eigenvalue weighted by Crippen LogP contribution is -1.90. The summed E-state index contributed by atoms with van der Waals surface area (Å²) in [5.41, 5.74) is 4.55. The smallest absolute Gasteiger partial charge is 0.150 e. The van der Waals surface area contributed by atoms with Gasteiger partial charge in [-0.1, -0.05) is 48.5 Å². The van der Waals surface area contributed by atoms with E-state index in [2.05, 4.69) is 9.97 Å². The molecule has 0 amide bonds. The molecule has 0 radical (unpaired) electrons. The molecule has 0 bridgehead atoms. The van der Waals surface area contributed by atoms with Gasteiger partial charge in [0, 0.05) is 22.3 Å². The van der Waals surface area contributed by atoms with Crippen LogP contribution >= 0.6 is 0 Å². The van der Waals surface area contributed by atoms with Crippen molar-refractivity contribution in [1.82, 2.24) is 9.97 Å². The number of carbonyl (C=O) groups is 2. The average molecular weight is 288 g/mol. The molecule has 0 saturated heterocycles. The minimum absolute atomic E-state index is 0.628. The molecule has 3 aromatic rings. The first kappa shape index (κ1) is 13.8. The van der Waals surface area contributed by atoms with Gasteiger partial charge >= 0.3 is 0 Å². The van der Waals surface area contributed by atoms with E-state index in [1.807, 2.05) is 24.3 Å². The first-order chi connectivity index (χ1) is 10.8. The Morgan fingerprint density at radius 1 is 0.591 bits per heavy atom. The van der Waals surface area contributed by atoms with Crippen molar-refractivity contribution in [2.75, 3.05) is 0 Å². The lowest BCUT2D eigenvalue weighted by atomic mass is 10.1. The van der Waals surface area contributed by atoms with Crippen LogP contribution in [0.4, 0.5) is 0 Å². The second kappa shape index (κ2) is 6.10. The minimum Gasteiger partial charge on any atom is -0.298 e. The van der Waals surface area contributed by atoms with Gasteiger partial charge in [0.05, 0.1) is 23.8 Å². The summed E-state index contributed by atoms with van der Waals surface area (Å²) >= 11 is 0. The highest BCUT2D eigenvalue weighted by Gasteiger charge is 2.03. The number of hydrogen-bond acceptors (Lipinski definition) is 4. The fraction of sp³-hybridized carbons (Fsp3) is 0. The van der Waals surface area contributed by atoms with Crippen LogP contribution < -0.4 is 0 Å². The van der Waals surface area contributed by atoms with Crippen LogP contribution in [-0.2, 0) is 0 Å². The van der Waals surface area contributed by atoms with Gasteiger partial charge in [0.1, 0.15) is 12.6 Å². The molecule has 0 aliphatic carbocycles. The van der Waals surface area contributed by atoms with Gasteiger partial charge in [-0.05, 0) is 0 Å². The second-order valence-corrected chi connectivity index (χ2v) is 4.77. The van der Waals surface area contributed by atoms with Crippen molar-refractivity contribution >= 4 is 12.6 Å². The van der Waals surface area contributed by atoms with Crippen LogP contribution in [-0.4, -0.2) is 22.5 Å². The maximum atomic E-state index is 10.7. The number of benzene rings is 2. The zero-order valence-electron chi connectivity index (χ0n) is 11.6. The minimum atomic E-state index is 0.628. The summed E-state index contributed by atoms with van der Waals surface area (Å²) in [4.78, 5) is 30.1. The van der Waals surface area contributed by atoms with E-state index in [9.17, 15) is 9.59 Å². The van der Waals surface area contributed by atoms with Crippen molar-refractivity contribution in [3.8, 4) is 22.5 Å². The number of nitrogens with zero attached hydrogens (tertiary/aromatic N) is 2. The lowest BCUT2D eigenvalue weighted by molar-refractivity contribution is 0.111. The molecule has 4 nitrogen and oxygen atoms in total. The number of rotatable bonds is 4. The fourth-order valence-electron chi connectivity index (χ4n) is 2.09. The SMILES string of the molecule is O=Cc1ccc(-c2cnc(-c3ccc(C=O)cc3)cn2)cc1. The van der Waals surface area contributed by atoms with E-state index < -0.39 is 0 Å². The lowest BCUT2D eigenvalue weighted by Gasteiger charge is -2.04. The Morgan fingerprint density at radius 3 is 1.23 bits per heavy atom. The summed E-state index contributed by atoms with van der Waals surface area (Å²) in [5.74, 6) is 0. The molecule has 1 aromatic heterocycles. The first-order valence-corrected chi connectivity index (χ1v) is 6.73. The van der Waals surface area contributed by atoms with E-state index in [4.69, 9.17) is 0 Å². The summed E-state index contributed by atoms with van der Waals surface area (Å²) in [6.07, 6.45) is 5.00. The third-order valence-corrected chi connectivity index (χ3v) is 3.34. The summed E-state index contributed by atoms with van der Waals surface area (Å²) in [7, 11) is 0. The number of hydrogen-bond donors (Lipinski definition) is 0. The Hall–Kier alpha value is -3.14. The number of carbonyl (C=O) groups excluding carboxylic acids is 2. The van der Waals surface area contributed by atoms with Crippen LogP contribution in [0.1, 0.15) is 20.7 Å². The maximum Gasteiger partial charge on any atom is 0.150 e. The molecule has 2 aromatic carbocycles. The second-order valence-electron chi connectivity index (χ2n) is 4.77. The molecule has 0 aliphatic rings. The predicted molar refractivity (Wildman–Crippen MR) is 83.7 cm³/mol. The fourth-order valence-corrected chi connectivity index (χ4v) is 2.09. The van der Waals surface area contributed by atoms with Crippen LogP contribution in [0.3, 0.4) is 0 Å². The predicted octanol–water partition coefficient (Wildman–Crippen LogP) is 3.44. The molecule has 0 spiro atoms. The topological polar surface area (TPSA) is 59.9 Å². The molecule has 0 saturated carbocycles. The Labute approximate surface area is 127 Å². The Kier molecular flexibility index (Phi) is 3.83. The zero-order chi connectivity index (χ0) is 15.4. The van der Waals surface area contributed by atoms with Crippen LogP contribution in [0.25, 0.3) is 22.5 Å². The summed E-state index contributed by atoms with van der Waals surface area (Å²) in [6, 6.07) is 14.3. The standard InChI is InChI=1S/C18H12N2O2/c21-11-13-1-5-15(6-2-13)17-9-20-18(10-19-17)16-7-3-14(12-22)4-8-16/h1-12H. The molecule has 0 N–H and O–H groups in total. The Bertz CT molecular complexity index is 722. The normalized spacial score (nSPS) is 10.2. The highest BCUT2D eigenvalue weighted by molar-refractivity contribution is 5.77. The molecule has 22 heavy (non-hydrogen) atoms. The van der Waals surface area contributed by atoms with Crippen molar-refractivity contribution in [2.45, 2.75) is 0 Å². The van der Waals surface area contributed by atoms with E-state index in [-0.39, 0.29) is 0 Å². The van der Waals surface area contributed by atoms with Gasteiger partial charge in [-0.2, -0.15) is 0 Å². The van der Waals surface area contributed by atoms with E-state index in [1.165, 1.54) is 0 Å². The third-order valence-electron chi connectivity index (χ3n) is 3.34. The molecule has 0 aliphatic heterocycles. The number of aromatic nitrogens is 2. The van der Waals surface area contributed by atoms with E-state index >= 15 is 0 Å². The van der Waals surface area contributed by atoms with Crippen molar-refractivity contribution in [3.05, 3.63) is 72.1 Å². The van der Waals surface area contributed by atoms with Crippen LogP contribution in [0.5, 0.6) is 0 Å². The van der Waals surface area contributed by atoms with Crippen molar-refractivity contribution in [2.24, 2.45) is 0 Å². The average Bonchev–Trinajstić information content (AvgIpc) is 2.62. The van der Waals surface area contributed by atoms with Crippen molar-refractivity contribution in [1.29, 1.82) is 0 Å². The molecular formula is C18H12N2O2. The third kappa shape index (κ3) is 2.81. The highest BCUT2D eigenvalue weighted by atomic mass is 16.1. The van der Waals surface area contributed by atoms with Gasteiger partial charge in [-0.3, -0.25) is 19.6 Å². The molecule has 1 heterocycles. The highest BCUT2D eigenvalue weighted by Crippen LogP contribution is 2.20. The molecule has 0 unspecified atom stereocenters. The first-order valence-electron chi connectivity index (χ1n) is 6.73. The zero-order valence-corrected chi connectivity index (χ0v) is 11.6. The maximum absolute atomic E-state index is 10.7. The van der Waals surface area contributed by atoms with Gasteiger partial charge < -0.3 is 0 Å². The van der Waals surface area contributed by atoms with Crippen LogP contribution in [0.2, 0.25) is 0 Å². The van der Waals surface area contributed by atoms with Gasteiger partial charge in [0.25, 0.3) is 0 Å². The van der Waals surface area contributed by atoms with E-state index in [1.54, 1.807) is 36.7 Å². The van der Waals surface area contributed by atoms with E-state index in [0.717, 1.165) is 35.1 Å². The van der Waals surface area contributed by atoms with Gasteiger partial charge in [-0.25, -0.2) is 0 Å². The molecular weight excluding hydrogens is 276 g/mol. The Morgan fingerprint density at radius 2 is 0.955 bits per heavy atom. The van der Waals surface area contributed by atoms with Gasteiger partial charge in [0.2, 0.25) is 0 Å². The monoisotopic (exact) mass is 288 g/mol. The summed E-state index contributed by atoms with van der Waals surface area (Å²) in [6.45, 7) is 0. The Balaban J connectivity index is 1.87. The molecule has 0 atom stereocenters. The molecule has 4 heteroatoms.